The summed E-state index contributed by atoms with van der Waals surface area (Å²) >= 11 is 0. The summed E-state index contributed by atoms with van der Waals surface area (Å²) in [7, 11) is 0. The van der Waals surface area contributed by atoms with Gasteiger partial charge in [0, 0.05) is 17.4 Å². The lowest BCUT2D eigenvalue weighted by atomic mass is 10.2. The van der Waals surface area contributed by atoms with E-state index in [0.29, 0.717) is 28.6 Å². The van der Waals surface area contributed by atoms with Gasteiger partial charge in [0.25, 0.3) is 5.91 Å². The van der Waals surface area contributed by atoms with Crippen LogP contribution in [0.1, 0.15) is 0 Å². The fourth-order valence-corrected chi connectivity index (χ4v) is 2.45. The highest BCUT2D eigenvalue weighted by atomic mass is 16.5. The number of para-hydroxylation sites is 1. The minimum atomic E-state index is -0.229. The highest BCUT2D eigenvalue weighted by Crippen LogP contribution is 2.24. The first kappa shape index (κ1) is 15.8. The van der Waals surface area contributed by atoms with Gasteiger partial charge in [-0.25, -0.2) is 4.98 Å². The Morgan fingerprint density at radius 1 is 1.00 bits per heavy atom. The van der Waals surface area contributed by atoms with Crippen molar-refractivity contribution in [2.45, 2.75) is 0 Å². The van der Waals surface area contributed by atoms with E-state index in [0.717, 1.165) is 5.56 Å². The topological polar surface area (TPSA) is 77.2 Å². The second-order valence-electron chi connectivity index (χ2n) is 5.57. The first-order chi connectivity index (χ1) is 12.8. The number of oxazole rings is 1. The lowest BCUT2D eigenvalue weighted by molar-refractivity contribution is -0.118. The molecule has 0 aliphatic carbocycles. The smallest absolute Gasteiger partial charge is 0.262 e. The van der Waals surface area contributed by atoms with E-state index < -0.39 is 0 Å². The van der Waals surface area contributed by atoms with Gasteiger partial charge >= 0.3 is 0 Å². The molecule has 0 spiro atoms. The minimum Gasteiger partial charge on any atom is -0.484 e. The monoisotopic (exact) mass is 345 g/mol. The van der Waals surface area contributed by atoms with Crippen molar-refractivity contribution in [1.82, 2.24) is 9.97 Å². The van der Waals surface area contributed by atoms with Gasteiger partial charge in [-0.15, -0.1) is 0 Å². The van der Waals surface area contributed by atoms with Crippen LogP contribution in [0.15, 0.2) is 77.3 Å². The molecule has 4 aromatic rings. The van der Waals surface area contributed by atoms with Gasteiger partial charge in [-0.2, -0.15) is 4.98 Å². The largest absolute Gasteiger partial charge is 0.484 e. The van der Waals surface area contributed by atoms with Crippen molar-refractivity contribution in [1.29, 1.82) is 0 Å². The van der Waals surface area contributed by atoms with Gasteiger partial charge in [0.1, 0.15) is 5.75 Å². The molecule has 2 aromatic heterocycles. The van der Waals surface area contributed by atoms with E-state index in [2.05, 4.69) is 15.3 Å². The second kappa shape index (κ2) is 7.06. The summed E-state index contributed by atoms with van der Waals surface area (Å²) in [5.74, 6) is 0.916. The molecular weight excluding hydrogens is 330 g/mol. The van der Waals surface area contributed by atoms with E-state index in [1.54, 1.807) is 36.5 Å². The van der Waals surface area contributed by atoms with Crippen molar-refractivity contribution in [2.24, 2.45) is 0 Å². The average molecular weight is 345 g/mol. The lowest BCUT2D eigenvalue weighted by Gasteiger charge is -2.07. The molecule has 4 rings (SSSR count). The van der Waals surface area contributed by atoms with Crippen molar-refractivity contribution in [3.8, 4) is 17.2 Å². The second-order valence-corrected chi connectivity index (χ2v) is 5.57. The van der Waals surface area contributed by atoms with Crippen LogP contribution in [0, 0.1) is 0 Å². The van der Waals surface area contributed by atoms with Crippen molar-refractivity contribution in [3.63, 3.8) is 0 Å². The van der Waals surface area contributed by atoms with E-state index >= 15 is 0 Å². The van der Waals surface area contributed by atoms with Crippen molar-refractivity contribution < 1.29 is 13.9 Å². The standard InChI is InChI=1S/C20H15N3O3/c24-18(13-25-16-5-2-1-3-6-16)22-15-10-8-14(9-11-15)20-23-19-17(26-20)7-4-12-21-19/h1-12H,13H2,(H,22,24). The summed E-state index contributed by atoms with van der Waals surface area (Å²) in [4.78, 5) is 20.5. The fraction of sp³-hybridized carbons (Fsp3) is 0.0500. The number of carbonyl (C=O) groups is 1. The summed E-state index contributed by atoms with van der Waals surface area (Å²) in [6, 6.07) is 20.1. The first-order valence-corrected chi connectivity index (χ1v) is 8.08. The zero-order valence-corrected chi connectivity index (χ0v) is 13.8. The van der Waals surface area contributed by atoms with Crippen LogP contribution in [0.3, 0.4) is 0 Å². The molecule has 0 saturated heterocycles. The van der Waals surface area contributed by atoms with Gasteiger partial charge in [0.2, 0.25) is 5.89 Å². The van der Waals surface area contributed by atoms with E-state index in [-0.39, 0.29) is 12.5 Å². The summed E-state index contributed by atoms with van der Waals surface area (Å²) < 4.78 is 11.1. The molecule has 0 unspecified atom stereocenters. The highest BCUT2D eigenvalue weighted by molar-refractivity contribution is 5.92. The van der Waals surface area contributed by atoms with Crippen molar-refractivity contribution in [2.75, 3.05) is 11.9 Å². The van der Waals surface area contributed by atoms with Crippen LogP contribution in [0.5, 0.6) is 5.75 Å². The average Bonchev–Trinajstić information content (AvgIpc) is 3.12. The molecule has 0 radical (unpaired) electrons. The van der Waals surface area contributed by atoms with Gasteiger partial charge in [-0.05, 0) is 48.5 Å². The number of nitrogens with one attached hydrogen (secondary N) is 1. The number of amides is 1. The maximum Gasteiger partial charge on any atom is 0.262 e. The number of ether oxygens (including phenoxy) is 1. The number of hydrogen-bond donors (Lipinski definition) is 1. The van der Waals surface area contributed by atoms with Crippen molar-refractivity contribution >= 4 is 22.8 Å². The Kier molecular flexibility index (Phi) is 4.30. The SMILES string of the molecule is O=C(COc1ccccc1)Nc1ccc(-c2nc3ncccc3o2)cc1. The normalized spacial score (nSPS) is 10.6. The molecule has 0 aliphatic rings. The molecule has 0 aliphatic heterocycles. The molecule has 0 saturated carbocycles. The van der Waals surface area contributed by atoms with Crippen LogP contribution in [0.25, 0.3) is 22.7 Å². The molecule has 0 fully saturated rings. The summed E-state index contributed by atoms with van der Waals surface area (Å²) in [6.45, 7) is -0.0530. The number of anilines is 1. The van der Waals surface area contributed by atoms with Gasteiger partial charge in [0.05, 0.1) is 0 Å². The number of fused-ring (bicyclic) bond motifs is 1. The molecular formula is C20H15N3O3. The molecule has 128 valence electrons. The van der Waals surface area contributed by atoms with Gasteiger partial charge in [-0.1, -0.05) is 18.2 Å². The lowest BCUT2D eigenvalue weighted by Crippen LogP contribution is -2.20. The van der Waals surface area contributed by atoms with Crippen LogP contribution in [-0.2, 0) is 4.79 Å². The molecule has 6 heteroatoms. The molecule has 1 N–H and O–H groups in total. The third kappa shape index (κ3) is 3.54. The molecule has 0 bridgehead atoms. The van der Waals surface area contributed by atoms with Crippen LogP contribution >= 0.6 is 0 Å². The van der Waals surface area contributed by atoms with Crippen LogP contribution in [-0.4, -0.2) is 22.5 Å². The number of rotatable bonds is 5. The predicted molar refractivity (Wildman–Crippen MR) is 97.8 cm³/mol. The van der Waals surface area contributed by atoms with Crippen LogP contribution in [0.4, 0.5) is 5.69 Å². The number of benzene rings is 2. The van der Waals surface area contributed by atoms with Crippen LogP contribution in [0.2, 0.25) is 0 Å². The number of carbonyl (C=O) groups excluding carboxylic acids is 1. The molecule has 0 atom stereocenters. The maximum atomic E-state index is 12.0. The van der Waals surface area contributed by atoms with E-state index in [1.807, 2.05) is 36.4 Å². The summed E-state index contributed by atoms with van der Waals surface area (Å²) in [5, 5.41) is 2.79. The Morgan fingerprint density at radius 2 is 1.81 bits per heavy atom. The highest BCUT2D eigenvalue weighted by Gasteiger charge is 2.09. The zero-order chi connectivity index (χ0) is 17.8. The van der Waals surface area contributed by atoms with Gasteiger partial charge < -0.3 is 14.5 Å². The van der Waals surface area contributed by atoms with Crippen molar-refractivity contribution in [3.05, 3.63) is 72.9 Å². The van der Waals surface area contributed by atoms with Gasteiger partial charge in [0.15, 0.2) is 17.8 Å². The fourth-order valence-electron chi connectivity index (χ4n) is 2.45. The van der Waals surface area contributed by atoms with E-state index in [9.17, 15) is 4.79 Å². The zero-order valence-electron chi connectivity index (χ0n) is 13.8. The quantitative estimate of drug-likeness (QED) is 0.593. The van der Waals surface area contributed by atoms with E-state index in [4.69, 9.17) is 9.15 Å². The first-order valence-electron chi connectivity index (χ1n) is 8.08. The van der Waals surface area contributed by atoms with Gasteiger partial charge in [-0.3, -0.25) is 4.79 Å². The predicted octanol–water partition coefficient (Wildman–Crippen LogP) is 3.91. The molecule has 6 nitrogen and oxygen atoms in total. The summed E-state index contributed by atoms with van der Waals surface area (Å²) in [6.07, 6.45) is 1.67. The third-order valence-corrected chi connectivity index (χ3v) is 3.69. The minimum absolute atomic E-state index is 0.0530. The molecule has 2 aromatic carbocycles. The number of aromatic nitrogens is 2. The molecule has 26 heavy (non-hydrogen) atoms. The Balaban J connectivity index is 1.40. The van der Waals surface area contributed by atoms with E-state index in [1.165, 1.54) is 0 Å². The maximum absolute atomic E-state index is 12.0. The molecule has 1 amide bonds. The Labute approximate surface area is 149 Å². The third-order valence-electron chi connectivity index (χ3n) is 3.69. The number of hydrogen-bond acceptors (Lipinski definition) is 5. The Hall–Kier alpha value is -3.67. The number of pyridine rings is 1. The Bertz CT molecular complexity index is 994. The summed E-state index contributed by atoms with van der Waals surface area (Å²) in [5.41, 5.74) is 2.68. The van der Waals surface area contributed by atoms with Crippen LogP contribution < -0.4 is 10.1 Å². The molecule has 2 heterocycles. The number of nitrogens with zero attached hydrogens (tertiary/aromatic N) is 2. The Morgan fingerprint density at radius 3 is 2.58 bits per heavy atom.